The first-order chi connectivity index (χ1) is 14.1. The molecule has 2 aliphatic heterocycles. The molecular weight excluding hydrogens is 366 g/mol. The van der Waals surface area contributed by atoms with E-state index in [4.69, 9.17) is 9.47 Å². The van der Waals surface area contributed by atoms with E-state index in [0.717, 1.165) is 58.2 Å². The van der Waals surface area contributed by atoms with Crippen LogP contribution >= 0.6 is 0 Å². The van der Waals surface area contributed by atoms with Crippen LogP contribution in [0.1, 0.15) is 31.2 Å². The quantitative estimate of drug-likeness (QED) is 0.750. The number of nitrogens with zero attached hydrogens (tertiary/aromatic N) is 3. The molecule has 3 aliphatic rings. The summed E-state index contributed by atoms with van der Waals surface area (Å²) < 4.78 is 12.0. The van der Waals surface area contributed by atoms with Gasteiger partial charge in [0.25, 0.3) is 0 Å². The van der Waals surface area contributed by atoms with E-state index >= 15 is 0 Å². The molecule has 1 atom stereocenters. The van der Waals surface area contributed by atoms with Crippen LogP contribution in [-0.4, -0.2) is 97.6 Å². The molecule has 29 heavy (non-hydrogen) atoms. The van der Waals surface area contributed by atoms with E-state index in [1.807, 2.05) is 12.1 Å². The summed E-state index contributed by atoms with van der Waals surface area (Å²) in [6, 6.07) is 8.37. The van der Waals surface area contributed by atoms with Crippen LogP contribution in [0.5, 0.6) is 5.75 Å². The Labute approximate surface area is 175 Å². The zero-order valence-corrected chi connectivity index (χ0v) is 17.9. The van der Waals surface area contributed by atoms with Gasteiger partial charge in [0, 0.05) is 52.4 Å². The third-order valence-corrected chi connectivity index (χ3v) is 6.68. The van der Waals surface area contributed by atoms with Gasteiger partial charge in [0.1, 0.15) is 18.5 Å². The first kappa shape index (κ1) is 21.1. The summed E-state index contributed by atoms with van der Waals surface area (Å²) in [5, 5.41) is 10.3. The van der Waals surface area contributed by atoms with Gasteiger partial charge < -0.3 is 19.5 Å². The second kappa shape index (κ2) is 9.75. The van der Waals surface area contributed by atoms with Crippen molar-refractivity contribution in [3.8, 4) is 5.75 Å². The Hall–Kier alpha value is -1.18. The van der Waals surface area contributed by atoms with Crippen LogP contribution in [0, 0.1) is 0 Å². The van der Waals surface area contributed by atoms with Gasteiger partial charge in [0.15, 0.2) is 0 Å². The van der Waals surface area contributed by atoms with Gasteiger partial charge in [-0.25, -0.2) is 0 Å². The highest BCUT2D eigenvalue weighted by molar-refractivity contribution is 5.27. The Morgan fingerprint density at radius 1 is 1.03 bits per heavy atom. The zero-order valence-electron chi connectivity index (χ0n) is 17.9. The maximum atomic E-state index is 10.3. The molecule has 6 heteroatoms. The lowest BCUT2D eigenvalue weighted by atomic mass is 9.99. The molecule has 0 aromatic heterocycles. The fourth-order valence-corrected chi connectivity index (χ4v) is 4.90. The van der Waals surface area contributed by atoms with Crippen molar-refractivity contribution < 1.29 is 14.6 Å². The number of aliphatic hydroxyl groups excluding tert-OH is 1. The fourth-order valence-electron chi connectivity index (χ4n) is 4.90. The highest BCUT2D eigenvalue weighted by Gasteiger charge is 2.39. The molecule has 1 aliphatic carbocycles. The first-order valence-electron chi connectivity index (χ1n) is 11.3. The SMILES string of the molecule is CN1CCN(C[C@@H](O)COc2ccc(CN3CCOC4(CCCC4)C3)cc2)CC1. The summed E-state index contributed by atoms with van der Waals surface area (Å²) in [5.41, 5.74) is 1.44. The number of likely N-dealkylation sites (N-methyl/N-ethyl adjacent to an activating group) is 1. The number of β-amino-alcohol motifs (C(OH)–C–C–N with tert-alkyl or cyclic N) is 1. The molecule has 0 bridgehead atoms. The Morgan fingerprint density at radius 3 is 2.48 bits per heavy atom. The molecule has 0 unspecified atom stereocenters. The van der Waals surface area contributed by atoms with Crippen LogP contribution in [0.25, 0.3) is 0 Å². The van der Waals surface area contributed by atoms with Crippen LogP contribution in [0.15, 0.2) is 24.3 Å². The predicted octanol–water partition coefficient (Wildman–Crippen LogP) is 1.82. The van der Waals surface area contributed by atoms with Crippen molar-refractivity contribution in [2.75, 3.05) is 66.1 Å². The molecule has 1 saturated carbocycles. The Balaban J connectivity index is 1.20. The Kier molecular flexibility index (Phi) is 7.08. The second-order valence-corrected chi connectivity index (χ2v) is 9.16. The maximum absolute atomic E-state index is 10.3. The van der Waals surface area contributed by atoms with Crippen molar-refractivity contribution in [1.82, 2.24) is 14.7 Å². The van der Waals surface area contributed by atoms with E-state index in [9.17, 15) is 5.11 Å². The van der Waals surface area contributed by atoms with Crippen LogP contribution in [0.2, 0.25) is 0 Å². The number of ether oxygens (including phenoxy) is 2. The molecule has 1 aromatic carbocycles. The van der Waals surface area contributed by atoms with E-state index in [-0.39, 0.29) is 5.60 Å². The third kappa shape index (κ3) is 5.92. The van der Waals surface area contributed by atoms with Crippen LogP contribution in [-0.2, 0) is 11.3 Å². The van der Waals surface area contributed by atoms with E-state index in [2.05, 4.69) is 33.9 Å². The molecule has 0 amide bonds. The van der Waals surface area contributed by atoms with Gasteiger partial charge in [-0.05, 0) is 37.6 Å². The largest absolute Gasteiger partial charge is 0.491 e. The normalized spacial score (nSPS) is 24.8. The summed E-state index contributed by atoms with van der Waals surface area (Å²) >= 11 is 0. The van der Waals surface area contributed by atoms with Crippen molar-refractivity contribution in [3.05, 3.63) is 29.8 Å². The maximum Gasteiger partial charge on any atom is 0.119 e. The lowest BCUT2D eigenvalue weighted by molar-refractivity contribution is -0.107. The predicted molar refractivity (Wildman–Crippen MR) is 114 cm³/mol. The highest BCUT2D eigenvalue weighted by Crippen LogP contribution is 2.36. The second-order valence-electron chi connectivity index (χ2n) is 9.16. The topological polar surface area (TPSA) is 48.4 Å². The smallest absolute Gasteiger partial charge is 0.119 e. The molecule has 1 spiro atoms. The van der Waals surface area contributed by atoms with Crippen LogP contribution < -0.4 is 4.74 Å². The molecule has 0 radical (unpaired) electrons. The standard InChI is InChI=1S/C23H37N3O3/c1-24-10-12-25(13-11-24)17-21(27)18-28-22-6-4-20(5-7-22)16-26-14-15-29-23(19-26)8-2-3-9-23/h4-7,21,27H,2-3,8-19H2,1H3/t21-/m1/s1. The van der Waals surface area contributed by atoms with E-state index in [1.54, 1.807) is 0 Å². The average Bonchev–Trinajstić information content (AvgIpc) is 3.17. The summed E-state index contributed by atoms with van der Waals surface area (Å²) in [6.45, 7) is 9.10. The molecule has 162 valence electrons. The van der Waals surface area contributed by atoms with Crippen LogP contribution in [0.3, 0.4) is 0 Å². The number of rotatable bonds is 7. The monoisotopic (exact) mass is 403 g/mol. The molecule has 1 aromatic rings. The van der Waals surface area contributed by atoms with E-state index in [0.29, 0.717) is 13.2 Å². The molecule has 1 N–H and O–H groups in total. The molecule has 2 saturated heterocycles. The van der Waals surface area contributed by atoms with Crippen LogP contribution in [0.4, 0.5) is 0 Å². The molecule has 4 rings (SSSR count). The van der Waals surface area contributed by atoms with Gasteiger partial charge in [-0.2, -0.15) is 0 Å². The van der Waals surface area contributed by atoms with E-state index in [1.165, 1.54) is 31.2 Å². The Morgan fingerprint density at radius 2 is 1.76 bits per heavy atom. The highest BCUT2D eigenvalue weighted by atomic mass is 16.5. The van der Waals surface area contributed by atoms with Crippen molar-refractivity contribution in [2.24, 2.45) is 0 Å². The van der Waals surface area contributed by atoms with E-state index < -0.39 is 6.10 Å². The number of hydrogen-bond donors (Lipinski definition) is 1. The molecule has 2 heterocycles. The van der Waals surface area contributed by atoms with Gasteiger partial charge in [-0.1, -0.05) is 25.0 Å². The minimum Gasteiger partial charge on any atom is -0.491 e. The minimum atomic E-state index is -0.450. The number of hydrogen-bond acceptors (Lipinski definition) is 6. The van der Waals surface area contributed by atoms with Crippen molar-refractivity contribution in [1.29, 1.82) is 0 Å². The van der Waals surface area contributed by atoms with Gasteiger partial charge in [0.2, 0.25) is 0 Å². The summed E-state index contributed by atoms with van der Waals surface area (Å²) in [7, 11) is 2.15. The Bertz CT molecular complexity index is 625. The lowest BCUT2D eigenvalue weighted by Crippen LogP contribution is -2.49. The number of piperazine rings is 1. The molecular formula is C23H37N3O3. The van der Waals surface area contributed by atoms with Gasteiger partial charge in [-0.3, -0.25) is 9.80 Å². The van der Waals surface area contributed by atoms with Crippen molar-refractivity contribution >= 4 is 0 Å². The fraction of sp³-hybridized carbons (Fsp3) is 0.739. The zero-order chi connectivity index (χ0) is 20.1. The van der Waals surface area contributed by atoms with Gasteiger partial charge >= 0.3 is 0 Å². The third-order valence-electron chi connectivity index (χ3n) is 6.68. The lowest BCUT2D eigenvalue weighted by Gasteiger charge is -2.40. The molecule has 6 nitrogen and oxygen atoms in total. The average molecular weight is 404 g/mol. The number of aliphatic hydroxyl groups is 1. The summed E-state index contributed by atoms with van der Waals surface area (Å²) in [6.07, 6.45) is 4.59. The number of morpholine rings is 1. The first-order valence-corrected chi connectivity index (χ1v) is 11.3. The van der Waals surface area contributed by atoms with Gasteiger partial charge in [0.05, 0.1) is 12.2 Å². The summed E-state index contributed by atoms with van der Waals surface area (Å²) in [4.78, 5) is 7.17. The molecule has 3 fully saturated rings. The van der Waals surface area contributed by atoms with Gasteiger partial charge in [-0.15, -0.1) is 0 Å². The van der Waals surface area contributed by atoms with Crippen molar-refractivity contribution in [3.63, 3.8) is 0 Å². The number of benzene rings is 1. The minimum absolute atomic E-state index is 0.126. The van der Waals surface area contributed by atoms with Crippen molar-refractivity contribution in [2.45, 2.75) is 43.9 Å². The summed E-state index contributed by atoms with van der Waals surface area (Å²) in [5.74, 6) is 0.834.